The zero-order chi connectivity index (χ0) is 15.4. The van der Waals surface area contributed by atoms with Gasteiger partial charge in [-0.3, -0.25) is 4.90 Å². The fourth-order valence-corrected chi connectivity index (χ4v) is 2.85. The summed E-state index contributed by atoms with van der Waals surface area (Å²) in [6.07, 6.45) is 2.48. The van der Waals surface area contributed by atoms with Crippen LogP contribution in [0, 0.1) is 11.3 Å². The third-order valence-electron chi connectivity index (χ3n) is 4.16. The average molecular weight is 295 g/mol. The van der Waals surface area contributed by atoms with Crippen LogP contribution in [-0.2, 0) is 0 Å². The molecule has 5 nitrogen and oxygen atoms in total. The molecule has 2 aromatic rings. The first-order valence-corrected chi connectivity index (χ1v) is 7.96. The Hall–Kier alpha value is -2.19. The van der Waals surface area contributed by atoms with Crippen molar-refractivity contribution < 1.29 is 0 Å². The summed E-state index contributed by atoms with van der Waals surface area (Å²) < 4.78 is 0. The molecular formula is C17H21N5. The Bertz CT molecular complexity index is 683. The molecule has 1 aromatic heterocycles. The monoisotopic (exact) mass is 295 g/mol. The molecule has 1 aliphatic rings. The number of rotatable bonds is 4. The number of hydrogen-bond acceptors (Lipinski definition) is 5. The van der Waals surface area contributed by atoms with Crippen LogP contribution in [0.5, 0.6) is 0 Å². The fraction of sp³-hybridized carbons (Fsp3) is 0.471. The van der Waals surface area contributed by atoms with Gasteiger partial charge < -0.3 is 4.90 Å². The minimum Gasteiger partial charge on any atom is -0.352 e. The van der Waals surface area contributed by atoms with Crippen LogP contribution in [0.15, 0.2) is 24.3 Å². The van der Waals surface area contributed by atoms with E-state index in [0.29, 0.717) is 5.69 Å². The van der Waals surface area contributed by atoms with Crippen LogP contribution in [0.1, 0.15) is 25.5 Å². The summed E-state index contributed by atoms with van der Waals surface area (Å²) in [5.41, 5.74) is 2.06. The lowest BCUT2D eigenvalue weighted by Crippen LogP contribution is -2.47. The van der Waals surface area contributed by atoms with Gasteiger partial charge in [-0.25, -0.2) is 9.97 Å². The van der Waals surface area contributed by atoms with E-state index in [1.165, 1.54) is 19.4 Å². The zero-order valence-electron chi connectivity index (χ0n) is 13.0. The topological polar surface area (TPSA) is 56.1 Å². The molecule has 3 rings (SSSR count). The smallest absolute Gasteiger partial charge is 0.183 e. The van der Waals surface area contributed by atoms with Crippen molar-refractivity contribution in [2.24, 2.45) is 0 Å². The minimum atomic E-state index is 0.431. The normalized spacial score (nSPS) is 15.9. The minimum absolute atomic E-state index is 0.431. The van der Waals surface area contributed by atoms with Gasteiger partial charge in [0.15, 0.2) is 11.5 Å². The number of unbranched alkanes of at least 4 members (excludes halogenated alkanes) is 1. The van der Waals surface area contributed by atoms with Crippen LogP contribution in [0.25, 0.3) is 11.0 Å². The van der Waals surface area contributed by atoms with Crippen LogP contribution in [-0.4, -0.2) is 47.6 Å². The Morgan fingerprint density at radius 3 is 2.41 bits per heavy atom. The first kappa shape index (κ1) is 14.7. The van der Waals surface area contributed by atoms with Crippen LogP contribution >= 0.6 is 0 Å². The van der Waals surface area contributed by atoms with Crippen LogP contribution in [0.3, 0.4) is 0 Å². The first-order chi connectivity index (χ1) is 10.8. The summed E-state index contributed by atoms with van der Waals surface area (Å²) in [5.74, 6) is 0.733. The van der Waals surface area contributed by atoms with Crippen molar-refractivity contribution in [2.45, 2.75) is 19.8 Å². The number of fused-ring (bicyclic) bond motifs is 1. The van der Waals surface area contributed by atoms with E-state index in [0.717, 1.165) is 43.0 Å². The van der Waals surface area contributed by atoms with E-state index < -0.39 is 0 Å². The first-order valence-electron chi connectivity index (χ1n) is 7.96. The van der Waals surface area contributed by atoms with Gasteiger partial charge in [-0.1, -0.05) is 25.5 Å². The second-order valence-corrected chi connectivity index (χ2v) is 5.68. The highest BCUT2D eigenvalue weighted by Crippen LogP contribution is 2.21. The third-order valence-corrected chi connectivity index (χ3v) is 4.16. The van der Waals surface area contributed by atoms with Crippen LogP contribution in [0.4, 0.5) is 5.82 Å². The quantitative estimate of drug-likeness (QED) is 0.867. The Labute approximate surface area is 131 Å². The van der Waals surface area contributed by atoms with Crippen molar-refractivity contribution >= 4 is 16.9 Å². The predicted molar refractivity (Wildman–Crippen MR) is 87.8 cm³/mol. The van der Waals surface area contributed by atoms with Gasteiger partial charge in [0.05, 0.1) is 11.0 Å². The standard InChI is InChI=1S/C17H21N5/c1-2-3-8-21-9-11-22(12-10-21)17-16(13-18)19-14-6-4-5-7-15(14)20-17/h4-7H,2-3,8-12H2,1H3. The molecule has 0 N–H and O–H groups in total. The van der Waals surface area contributed by atoms with Gasteiger partial charge in [0.25, 0.3) is 0 Å². The highest BCUT2D eigenvalue weighted by molar-refractivity contribution is 5.77. The molecule has 1 aromatic carbocycles. The summed E-state index contributed by atoms with van der Waals surface area (Å²) in [7, 11) is 0. The van der Waals surface area contributed by atoms with Crippen molar-refractivity contribution in [3.05, 3.63) is 30.0 Å². The van der Waals surface area contributed by atoms with Crippen LogP contribution < -0.4 is 4.90 Å². The maximum Gasteiger partial charge on any atom is 0.183 e. The number of anilines is 1. The number of benzene rings is 1. The summed E-state index contributed by atoms with van der Waals surface area (Å²) in [6.45, 7) is 7.26. The number of piperazine rings is 1. The SMILES string of the molecule is CCCCN1CCN(c2nc3ccccc3nc2C#N)CC1. The number of aromatic nitrogens is 2. The van der Waals surface area contributed by atoms with Gasteiger partial charge in [-0.2, -0.15) is 5.26 Å². The predicted octanol–water partition coefficient (Wildman–Crippen LogP) is 2.42. The summed E-state index contributed by atoms with van der Waals surface area (Å²) in [4.78, 5) is 13.8. The van der Waals surface area contributed by atoms with E-state index in [4.69, 9.17) is 0 Å². The molecule has 114 valence electrons. The molecule has 22 heavy (non-hydrogen) atoms. The highest BCUT2D eigenvalue weighted by Gasteiger charge is 2.21. The molecule has 0 atom stereocenters. The Morgan fingerprint density at radius 1 is 1.09 bits per heavy atom. The third kappa shape index (κ3) is 3.02. The van der Waals surface area contributed by atoms with Gasteiger partial charge in [0, 0.05) is 26.2 Å². The number of para-hydroxylation sites is 2. The molecule has 0 aliphatic carbocycles. The van der Waals surface area contributed by atoms with Gasteiger partial charge in [0.1, 0.15) is 6.07 Å². The lowest BCUT2D eigenvalue weighted by molar-refractivity contribution is 0.253. The van der Waals surface area contributed by atoms with E-state index in [-0.39, 0.29) is 0 Å². The average Bonchev–Trinajstić information content (AvgIpc) is 2.59. The summed E-state index contributed by atoms with van der Waals surface area (Å²) in [6, 6.07) is 9.92. The number of nitrogens with zero attached hydrogens (tertiary/aromatic N) is 5. The maximum absolute atomic E-state index is 9.39. The van der Waals surface area contributed by atoms with Crippen LogP contribution in [0.2, 0.25) is 0 Å². The zero-order valence-corrected chi connectivity index (χ0v) is 13.0. The number of nitriles is 1. The second kappa shape index (κ2) is 6.71. The summed E-state index contributed by atoms with van der Waals surface area (Å²) in [5, 5.41) is 9.39. The van der Waals surface area contributed by atoms with Crippen molar-refractivity contribution in [2.75, 3.05) is 37.6 Å². The fourth-order valence-electron chi connectivity index (χ4n) is 2.85. The van der Waals surface area contributed by atoms with Gasteiger partial charge in [0.2, 0.25) is 0 Å². The molecule has 1 saturated heterocycles. The molecule has 5 heteroatoms. The maximum atomic E-state index is 9.39. The van der Waals surface area contributed by atoms with Crippen molar-refractivity contribution in [3.8, 4) is 6.07 Å². The molecule has 0 bridgehead atoms. The van der Waals surface area contributed by atoms with E-state index >= 15 is 0 Å². The molecule has 0 radical (unpaired) electrons. The van der Waals surface area contributed by atoms with E-state index in [2.05, 4.69) is 32.8 Å². The van der Waals surface area contributed by atoms with Crippen molar-refractivity contribution in [1.29, 1.82) is 5.26 Å². The van der Waals surface area contributed by atoms with Crippen molar-refractivity contribution in [1.82, 2.24) is 14.9 Å². The Balaban J connectivity index is 1.80. The van der Waals surface area contributed by atoms with E-state index in [9.17, 15) is 5.26 Å². The van der Waals surface area contributed by atoms with E-state index in [1.54, 1.807) is 0 Å². The second-order valence-electron chi connectivity index (χ2n) is 5.68. The molecule has 2 heterocycles. The summed E-state index contributed by atoms with van der Waals surface area (Å²) >= 11 is 0. The Kier molecular flexibility index (Phi) is 4.50. The van der Waals surface area contributed by atoms with Gasteiger partial charge in [-0.15, -0.1) is 0 Å². The lowest BCUT2D eigenvalue weighted by atomic mass is 10.2. The highest BCUT2D eigenvalue weighted by atomic mass is 15.3. The van der Waals surface area contributed by atoms with Gasteiger partial charge in [-0.05, 0) is 25.1 Å². The van der Waals surface area contributed by atoms with E-state index in [1.807, 2.05) is 24.3 Å². The molecular weight excluding hydrogens is 274 g/mol. The molecule has 0 spiro atoms. The Morgan fingerprint density at radius 2 is 1.77 bits per heavy atom. The largest absolute Gasteiger partial charge is 0.352 e. The molecule has 1 aliphatic heterocycles. The van der Waals surface area contributed by atoms with Crippen molar-refractivity contribution in [3.63, 3.8) is 0 Å². The molecule has 1 fully saturated rings. The molecule has 0 saturated carbocycles. The molecule has 0 unspecified atom stereocenters. The number of hydrogen-bond donors (Lipinski definition) is 0. The van der Waals surface area contributed by atoms with Gasteiger partial charge >= 0.3 is 0 Å². The molecule has 0 amide bonds. The lowest BCUT2D eigenvalue weighted by Gasteiger charge is -2.35.